The van der Waals surface area contributed by atoms with Crippen molar-refractivity contribution in [3.63, 3.8) is 0 Å². The molecule has 0 radical (unpaired) electrons. The molecule has 0 atom stereocenters. The average Bonchev–Trinajstić information content (AvgIpc) is 2.61. The van der Waals surface area contributed by atoms with Crippen molar-refractivity contribution >= 4 is 27.5 Å². The van der Waals surface area contributed by atoms with Gasteiger partial charge in [0.25, 0.3) is 0 Å². The molecule has 0 fully saturated rings. The van der Waals surface area contributed by atoms with Crippen LogP contribution in [0, 0.1) is 0 Å². The Balaban J connectivity index is 1.78. The molecule has 2 rings (SSSR count). The molecule has 1 aliphatic rings. The standard InChI is InChI=1S/C18H25N3O4S/c1-14(22)21-16-7-9-17(10-8-16)26(24,25)20-13-18(23)19-12-11-15-5-3-2-4-6-15/h5,7-10,20H,2-4,6,11-13H2,1H3,(H,19,23)(H,21,22). The minimum Gasteiger partial charge on any atom is -0.355 e. The summed E-state index contributed by atoms with van der Waals surface area (Å²) in [6.45, 7) is 1.57. The zero-order valence-electron chi connectivity index (χ0n) is 14.9. The van der Waals surface area contributed by atoms with E-state index in [1.54, 1.807) is 0 Å². The first-order chi connectivity index (χ1) is 12.4. The first-order valence-corrected chi connectivity index (χ1v) is 10.2. The van der Waals surface area contributed by atoms with Crippen LogP contribution in [0.2, 0.25) is 0 Å². The molecule has 0 heterocycles. The van der Waals surface area contributed by atoms with Gasteiger partial charge in [-0.3, -0.25) is 9.59 Å². The summed E-state index contributed by atoms with van der Waals surface area (Å²) < 4.78 is 26.7. The highest BCUT2D eigenvalue weighted by Gasteiger charge is 2.15. The number of carbonyl (C=O) groups excluding carboxylic acids is 2. The molecular formula is C18H25N3O4S. The van der Waals surface area contributed by atoms with E-state index in [2.05, 4.69) is 21.4 Å². The molecule has 142 valence electrons. The van der Waals surface area contributed by atoms with Gasteiger partial charge in [-0.25, -0.2) is 13.1 Å². The highest BCUT2D eigenvalue weighted by molar-refractivity contribution is 7.89. The lowest BCUT2D eigenvalue weighted by molar-refractivity contribution is -0.120. The third-order valence-corrected chi connectivity index (χ3v) is 5.48. The molecule has 0 aromatic heterocycles. The smallest absolute Gasteiger partial charge is 0.241 e. The number of rotatable bonds is 8. The van der Waals surface area contributed by atoms with Gasteiger partial charge in [0.2, 0.25) is 21.8 Å². The largest absolute Gasteiger partial charge is 0.355 e. The van der Waals surface area contributed by atoms with E-state index in [9.17, 15) is 18.0 Å². The van der Waals surface area contributed by atoms with E-state index in [-0.39, 0.29) is 23.3 Å². The van der Waals surface area contributed by atoms with Crippen molar-refractivity contribution < 1.29 is 18.0 Å². The van der Waals surface area contributed by atoms with Gasteiger partial charge in [0.15, 0.2) is 0 Å². The third-order valence-electron chi connectivity index (χ3n) is 4.06. The van der Waals surface area contributed by atoms with Crippen molar-refractivity contribution in [3.05, 3.63) is 35.9 Å². The second-order valence-electron chi connectivity index (χ2n) is 6.24. The molecule has 0 spiro atoms. The number of hydrogen-bond acceptors (Lipinski definition) is 4. The molecule has 8 heteroatoms. The number of benzene rings is 1. The van der Waals surface area contributed by atoms with Crippen LogP contribution in [0.25, 0.3) is 0 Å². The van der Waals surface area contributed by atoms with Gasteiger partial charge in [0, 0.05) is 19.2 Å². The second kappa shape index (κ2) is 9.49. The maximum absolute atomic E-state index is 12.2. The zero-order chi connectivity index (χ0) is 19.0. The molecular weight excluding hydrogens is 354 g/mol. The molecule has 0 aliphatic heterocycles. The van der Waals surface area contributed by atoms with Crippen molar-refractivity contribution in [2.24, 2.45) is 0 Å². The van der Waals surface area contributed by atoms with Gasteiger partial charge in [-0.1, -0.05) is 11.6 Å². The second-order valence-corrected chi connectivity index (χ2v) is 8.01. The summed E-state index contributed by atoms with van der Waals surface area (Å²) in [5.74, 6) is -0.598. The van der Waals surface area contributed by atoms with E-state index >= 15 is 0 Å². The van der Waals surface area contributed by atoms with Gasteiger partial charge in [-0.15, -0.1) is 0 Å². The van der Waals surface area contributed by atoms with Gasteiger partial charge in [-0.05, 0) is 56.4 Å². The average molecular weight is 379 g/mol. The minimum atomic E-state index is -3.78. The summed E-state index contributed by atoms with van der Waals surface area (Å²) in [7, 11) is -3.78. The van der Waals surface area contributed by atoms with Crippen molar-refractivity contribution in [1.82, 2.24) is 10.0 Å². The topological polar surface area (TPSA) is 104 Å². The van der Waals surface area contributed by atoms with E-state index in [1.165, 1.54) is 49.6 Å². The van der Waals surface area contributed by atoms with Crippen LogP contribution in [0.1, 0.15) is 39.0 Å². The predicted molar refractivity (Wildman–Crippen MR) is 100 cm³/mol. The number of hydrogen-bond donors (Lipinski definition) is 3. The molecule has 3 N–H and O–H groups in total. The minimum absolute atomic E-state index is 0.0340. The molecule has 1 aromatic carbocycles. The van der Waals surface area contributed by atoms with Gasteiger partial charge >= 0.3 is 0 Å². The maximum atomic E-state index is 12.2. The van der Waals surface area contributed by atoms with Gasteiger partial charge in [0.05, 0.1) is 11.4 Å². The predicted octanol–water partition coefficient (Wildman–Crippen LogP) is 1.93. The van der Waals surface area contributed by atoms with Crippen LogP contribution in [0.5, 0.6) is 0 Å². The molecule has 1 aromatic rings. The van der Waals surface area contributed by atoms with E-state index in [0.29, 0.717) is 12.2 Å². The Morgan fingerprint density at radius 2 is 1.85 bits per heavy atom. The van der Waals surface area contributed by atoms with E-state index < -0.39 is 10.0 Å². The molecule has 26 heavy (non-hydrogen) atoms. The highest BCUT2D eigenvalue weighted by Crippen LogP contribution is 2.19. The molecule has 2 amide bonds. The monoisotopic (exact) mass is 379 g/mol. The SMILES string of the molecule is CC(=O)Nc1ccc(S(=O)(=O)NCC(=O)NCCC2=CCCCC2)cc1. The van der Waals surface area contributed by atoms with Gasteiger partial charge in [0.1, 0.15) is 0 Å². The number of allylic oxidation sites excluding steroid dienone is 1. The zero-order valence-corrected chi connectivity index (χ0v) is 15.7. The van der Waals surface area contributed by atoms with Crippen LogP contribution in [-0.2, 0) is 19.6 Å². The summed E-state index contributed by atoms with van der Waals surface area (Å²) >= 11 is 0. The highest BCUT2D eigenvalue weighted by atomic mass is 32.2. The summed E-state index contributed by atoms with van der Waals surface area (Å²) in [6.07, 6.45) is 7.64. The Morgan fingerprint density at radius 3 is 2.46 bits per heavy atom. The van der Waals surface area contributed by atoms with Crippen LogP contribution < -0.4 is 15.4 Å². The number of amides is 2. The van der Waals surface area contributed by atoms with Crippen LogP contribution in [0.4, 0.5) is 5.69 Å². The molecule has 0 saturated heterocycles. The normalized spacial score (nSPS) is 14.4. The Bertz CT molecular complexity index is 770. The molecule has 1 aliphatic carbocycles. The van der Waals surface area contributed by atoms with E-state index in [1.807, 2.05) is 0 Å². The summed E-state index contributed by atoms with van der Waals surface area (Å²) in [6, 6.07) is 5.74. The number of anilines is 1. The summed E-state index contributed by atoms with van der Waals surface area (Å²) in [5, 5.41) is 5.29. The van der Waals surface area contributed by atoms with Crippen LogP contribution >= 0.6 is 0 Å². The summed E-state index contributed by atoms with van der Waals surface area (Å²) in [4.78, 5) is 22.8. The Kier molecular flexibility index (Phi) is 7.35. The Labute approximate surface area is 154 Å². The first kappa shape index (κ1) is 20.1. The fourth-order valence-electron chi connectivity index (χ4n) is 2.72. The van der Waals surface area contributed by atoms with Crippen LogP contribution in [0.3, 0.4) is 0 Å². The lowest BCUT2D eigenvalue weighted by Crippen LogP contribution is -2.37. The van der Waals surface area contributed by atoms with Gasteiger partial charge in [-0.2, -0.15) is 0 Å². The van der Waals surface area contributed by atoms with Crippen molar-refractivity contribution in [2.45, 2.75) is 43.9 Å². The summed E-state index contributed by atoms with van der Waals surface area (Å²) in [5.41, 5.74) is 1.86. The first-order valence-electron chi connectivity index (χ1n) is 8.69. The quantitative estimate of drug-likeness (QED) is 0.600. The van der Waals surface area contributed by atoms with Crippen molar-refractivity contribution in [1.29, 1.82) is 0 Å². The molecule has 0 bridgehead atoms. The van der Waals surface area contributed by atoms with Crippen molar-refractivity contribution in [3.8, 4) is 0 Å². The number of carbonyl (C=O) groups is 2. The third kappa shape index (κ3) is 6.61. The lowest BCUT2D eigenvalue weighted by Gasteiger charge is -2.13. The fraction of sp³-hybridized carbons (Fsp3) is 0.444. The Hall–Kier alpha value is -2.19. The Morgan fingerprint density at radius 1 is 1.12 bits per heavy atom. The van der Waals surface area contributed by atoms with E-state index in [0.717, 1.165) is 19.3 Å². The number of sulfonamides is 1. The number of nitrogens with one attached hydrogen (secondary N) is 3. The lowest BCUT2D eigenvalue weighted by atomic mass is 9.97. The molecule has 7 nitrogen and oxygen atoms in total. The fourth-order valence-corrected chi connectivity index (χ4v) is 3.70. The molecule has 0 unspecified atom stereocenters. The van der Waals surface area contributed by atoms with Crippen LogP contribution in [-0.4, -0.2) is 33.3 Å². The van der Waals surface area contributed by atoms with Crippen molar-refractivity contribution in [2.75, 3.05) is 18.4 Å². The maximum Gasteiger partial charge on any atom is 0.241 e. The van der Waals surface area contributed by atoms with Crippen LogP contribution in [0.15, 0.2) is 40.8 Å². The molecule has 0 saturated carbocycles. The van der Waals surface area contributed by atoms with Gasteiger partial charge < -0.3 is 10.6 Å². The van der Waals surface area contributed by atoms with E-state index in [4.69, 9.17) is 0 Å².